The third kappa shape index (κ3) is 3.09. The van der Waals surface area contributed by atoms with Gasteiger partial charge in [0.1, 0.15) is 0 Å². The van der Waals surface area contributed by atoms with Gasteiger partial charge in [0.15, 0.2) is 0 Å². The predicted octanol–water partition coefficient (Wildman–Crippen LogP) is 3.09. The standard InChI is InChI=1S/C14H24N2S/c1-12(2)16(9-13-5-3-8-17-13)11-14(10-15)6-4-7-14/h3,5,8,12H,4,6-7,9-11,15H2,1-2H3. The first-order chi connectivity index (χ1) is 8.15. The highest BCUT2D eigenvalue weighted by atomic mass is 32.1. The van der Waals surface area contributed by atoms with Gasteiger partial charge in [-0.2, -0.15) is 0 Å². The average Bonchev–Trinajstić information content (AvgIpc) is 2.74. The molecule has 1 aliphatic carbocycles. The smallest absolute Gasteiger partial charge is 0.0330 e. The molecule has 1 fully saturated rings. The van der Waals surface area contributed by atoms with Crippen molar-refractivity contribution in [2.24, 2.45) is 11.1 Å². The summed E-state index contributed by atoms with van der Waals surface area (Å²) in [5.41, 5.74) is 6.38. The van der Waals surface area contributed by atoms with Crippen LogP contribution in [0.25, 0.3) is 0 Å². The van der Waals surface area contributed by atoms with Gasteiger partial charge in [-0.3, -0.25) is 4.90 Å². The van der Waals surface area contributed by atoms with Crippen LogP contribution in [0.2, 0.25) is 0 Å². The van der Waals surface area contributed by atoms with Crippen LogP contribution < -0.4 is 5.73 Å². The van der Waals surface area contributed by atoms with E-state index < -0.39 is 0 Å². The maximum absolute atomic E-state index is 5.97. The Morgan fingerprint density at radius 1 is 1.47 bits per heavy atom. The topological polar surface area (TPSA) is 29.3 Å². The summed E-state index contributed by atoms with van der Waals surface area (Å²) in [6.07, 6.45) is 4.00. The molecule has 0 bridgehead atoms. The van der Waals surface area contributed by atoms with Gasteiger partial charge in [0.05, 0.1) is 0 Å². The van der Waals surface area contributed by atoms with E-state index in [1.54, 1.807) is 0 Å². The van der Waals surface area contributed by atoms with Crippen LogP contribution in [0.5, 0.6) is 0 Å². The Bertz CT molecular complexity index is 322. The largest absolute Gasteiger partial charge is 0.330 e. The van der Waals surface area contributed by atoms with E-state index in [0.717, 1.165) is 13.1 Å². The van der Waals surface area contributed by atoms with Crippen LogP contribution in [-0.4, -0.2) is 24.0 Å². The van der Waals surface area contributed by atoms with Crippen LogP contribution in [0.15, 0.2) is 17.5 Å². The molecule has 1 aromatic rings. The number of rotatable bonds is 6. The molecule has 3 heteroatoms. The zero-order valence-electron chi connectivity index (χ0n) is 11.0. The Hall–Kier alpha value is -0.380. The van der Waals surface area contributed by atoms with Crippen LogP contribution in [-0.2, 0) is 6.54 Å². The van der Waals surface area contributed by atoms with Crippen molar-refractivity contribution in [1.29, 1.82) is 0 Å². The van der Waals surface area contributed by atoms with Crippen molar-refractivity contribution >= 4 is 11.3 Å². The van der Waals surface area contributed by atoms with Crippen LogP contribution >= 0.6 is 11.3 Å². The highest BCUT2D eigenvalue weighted by Gasteiger charge is 2.37. The van der Waals surface area contributed by atoms with Gasteiger partial charge in [0.2, 0.25) is 0 Å². The van der Waals surface area contributed by atoms with E-state index in [2.05, 4.69) is 36.3 Å². The summed E-state index contributed by atoms with van der Waals surface area (Å²) in [5.74, 6) is 0. The van der Waals surface area contributed by atoms with Crippen molar-refractivity contribution in [3.05, 3.63) is 22.4 Å². The average molecular weight is 252 g/mol. The predicted molar refractivity (Wildman–Crippen MR) is 75.2 cm³/mol. The third-order valence-electron chi connectivity index (χ3n) is 4.06. The fourth-order valence-corrected chi connectivity index (χ4v) is 3.29. The van der Waals surface area contributed by atoms with Crippen LogP contribution in [0, 0.1) is 5.41 Å². The maximum atomic E-state index is 5.97. The summed E-state index contributed by atoms with van der Waals surface area (Å²) < 4.78 is 0. The minimum absolute atomic E-state index is 0.418. The zero-order valence-corrected chi connectivity index (χ0v) is 11.8. The molecular weight excluding hydrogens is 228 g/mol. The van der Waals surface area contributed by atoms with Crippen molar-refractivity contribution in [3.63, 3.8) is 0 Å². The van der Waals surface area contributed by atoms with Gasteiger partial charge in [-0.1, -0.05) is 12.5 Å². The molecule has 2 rings (SSSR count). The normalized spacial score (nSPS) is 18.6. The van der Waals surface area contributed by atoms with Gasteiger partial charge in [0, 0.05) is 24.0 Å². The molecule has 2 nitrogen and oxygen atoms in total. The van der Waals surface area contributed by atoms with Crippen LogP contribution in [0.1, 0.15) is 38.0 Å². The van der Waals surface area contributed by atoms with Crippen molar-refractivity contribution in [2.75, 3.05) is 13.1 Å². The molecule has 1 aliphatic rings. The Morgan fingerprint density at radius 2 is 2.24 bits per heavy atom. The van der Waals surface area contributed by atoms with E-state index in [9.17, 15) is 0 Å². The van der Waals surface area contributed by atoms with Crippen LogP contribution in [0.4, 0.5) is 0 Å². The molecule has 0 atom stereocenters. The fraction of sp³-hybridized carbons (Fsp3) is 0.714. The van der Waals surface area contributed by atoms with Crippen molar-refractivity contribution in [2.45, 2.75) is 45.7 Å². The first kappa shape index (κ1) is 13.1. The van der Waals surface area contributed by atoms with Crippen LogP contribution in [0.3, 0.4) is 0 Å². The Morgan fingerprint density at radius 3 is 2.65 bits per heavy atom. The molecule has 0 amide bonds. The minimum Gasteiger partial charge on any atom is -0.330 e. The molecule has 2 N–H and O–H groups in total. The molecule has 0 radical (unpaired) electrons. The van der Waals surface area contributed by atoms with E-state index in [1.165, 1.54) is 30.7 Å². The highest BCUT2D eigenvalue weighted by molar-refractivity contribution is 7.09. The molecule has 1 saturated carbocycles. The molecule has 1 heterocycles. The first-order valence-electron chi connectivity index (χ1n) is 6.62. The summed E-state index contributed by atoms with van der Waals surface area (Å²) in [6, 6.07) is 4.97. The van der Waals surface area contributed by atoms with Gasteiger partial charge in [-0.25, -0.2) is 0 Å². The molecule has 0 unspecified atom stereocenters. The zero-order chi connectivity index (χ0) is 12.3. The van der Waals surface area contributed by atoms with E-state index in [0.29, 0.717) is 11.5 Å². The monoisotopic (exact) mass is 252 g/mol. The molecule has 17 heavy (non-hydrogen) atoms. The summed E-state index contributed by atoms with van der Waals surface area (Å²) in [5, 5.41) is 2.16. The molecule has 0 aliphatic heterocycles. The number of thiophene rings is 1. The summed E-state index contributed by atoms with van der Waals surface area (Å²) in [7, 11) is 0. The molecular formula is C14H24N2S. The lowest BCUT2D eigenvalue weighted by Crippen LogP contribution is -2.48. The van der Waals surface area contributed by atoms with Gasteiger partial charge in [-0.05, 0) is 50.1 Å². The van der Waals surface area contributed by atoms with E-state index in [1.807, 2.05) is 11.3 Å². The maximum Gasteiger partial charge on any atom is 0.0330 e. The summed E-state index contributed by atoms with van der Waals surface area (Å²) >= 11 is 1.85. The van der Waals surface area contributed by atoms with Gasteiger partial charge >= 0.3 is 0 Å². The van der Waals surface area contributed by atoms with Crippen molar-refractivity contribution in [3.8, 4) is 0 Å². The SMILES string of the molecule is CC(C)N(Cc1cccs1)CC1(CN)CCC1. The second kappa shape index (κ2) is 5.51. The molecule has 0 aromatic carbocycles. The molecule has 1 aromatic heterocycles. The van der Waals surface area contributed by atoms with E-state index in [-0.39, 0.29) is 0 Å². The second-order valence-corrected chi connectivity index (χ2v) is 6.67. The molecule has 96 valence electrons. The van der Waals surface area contributed by atoms with Gasteiger partial charge in [-0.15, -0.1) is 11.3 Å². The Labute approximate surface area is 109 Å². The number of hydrogen-bond acceptors (Lipinski definition) is 3. The fourth-order valence-electron chi connectivity index (χ4n) is 2.56. The Kier molecular flexibility index (Phi) is 4.23. The number of nitrogens with zero attached hydrogens (tertiary/aromatic N) is 1. The molecule has 0 spiro atoms. The lowest BCUT2D eigenvalue weighted by atomic mass is 9.68. The lowest BCUT2D eigenvalue weighted by molar-refractivity contribution is 0.0550. The minimum atomic E-state index is 0.418. The van der Waals surface area contributed by atoms with Gasteiger partial charge in [0.25, 0.3) is 0 Å². The number of nitrogens with two attached hydrogens (primary N) is 1. The van der Waals surface area contributed by atoms with Crippen molar-refractivity contribution < 1.29 is 0 Å². The van der Waals surface area contributed by atoms with Gasteiger partial charge < -0.3 is 5.73 Å². The summed E-state index contributed by atoms with van der Waals surface area (Å²) in [4.78, 5) is 4.04. The third-order valence-corrected chi connectivity index (χ3v) is 4.92. The van der Waals surface area contributed by atoms with E-state index >= 15 is 0 Å². The second-order valence-electron chi connectivity index (χ2n) is 5.64. The molecule has 0 saturated heterocycles. The lowest BCUT2D eigenvalue weighted by Gasteiger charge is -2.45. The van der Waals surface area contributed by atoms with E-state index in [4.69, 9.17) is 5.73 Å². The Balaban J connectivity index is 1.97. The summed E-state index contributed by atoms with van der Waals surface area (Å²) in [6.45, 7) is 7.67. The first-order valence-corrected chi connectivity index (χ1v) is 7.50. The highest BCUT2D eigenvalue weighted by Crippen LogP contribution is 2.41. The van der Waals surface area contributed by atoms with Crippen molar-refractivity contribution in [1.82, 2.24) is 4.90 Å². The quantitative estimate of drug-likeness (QED) is 0.843. The number of hydrogen-bond donors (Lipinski definition) is 1.